The van der Waals surface area contributed by atoms with Crippen molar-refractivity contribution in [3.63, 3.8) is 0 Å². The Bertz CT molecular complexity index is 720. The van der Waals surface area contributed by atoms with Gasteiger partial charge in [0.05, 0.1) is 9.92 Å². The minimum atomic E-state index is -1.05. The van der Waals surface area contributed by atoms with E-state index in [1.165, 1.54) is 0 Å². The Morgan fingerprint density at radius 2 is 2.29 bits per heavy atom. The lowest BCUT2D eigenvalue weighted by Crippen LogP contribution is -2.18. The standard InChI is InChI=1S/C11H10N4O5S/c1-6-2-9(21-10(6)11(17)18)13-8(16)5-14-4-7(3-12-14)15(19)20/h2-4H,5H2,1H3,(H,13,16)(H,17,18). The SMILES string of the molecule is Cc1cc(NC(=O)Cn2cc([N+](=O)[O-])cn2)sc1C(=O)O. The van der Waals surface area contributed by atoms with Crippen LogP contribution in [0.25, 0.3) is 0 Å². The highest BCUT2D eigenvalue weighted by Gasteiger charge is 2.15. The van der Waals surface area contributed by atoms with E-state index < -0.39 is 16.8 Å². The number of nitrogens with one attached hydrogen (secondary N) is 1. The van der Waals surface area contributed by atoms with Crippen LogP contribution in [0.5, 0.6) is 0 Å². The van der Waals surface area contributed by atoms with Crippen LogP contribution >= 0.6 is 11.3 Å². The largest absolute Gasteiger partial charge is 0.477 e. The van der Waals surface area contributed by atoms with Gasteiger partial charge >= 0.3 is 11.7 Å². The van der Waals surface area contributed by atoms with Gasteiger partial charge in [-0.05, 0) is 18.6 Å². The Morgan fingerprint density at radius 3 is 2.81 bits per heavy atom. The third kappa shape index (κ3) is 3.42. The molecule has 0 saturated heterocycles. The second-order valence-electron chi connectivity index (χ2n) is 4.13. The third-order valence-electron chi connectivity index (χ3n) is 2.51. The lowest BCUT2D eigenvalue weighted by molar-refractivity contribution is -0.385. The molecule has 9 nitrogen and oxygen atoms in total. The summed E-state index contributed by atoms with van der Waals surface area (Å²) in [5.41, 5.74) is 0.348. The van der Waals surface area contributed by atoms with Gasteiger partial charge in [0.2, 0.25) is 5.91 Å². The average molecular weight is 310 g/mol. The van der Waals surface area contributed by atoms with E-state index >= 15 is 0 Å². The number of amides is 1. The maximum Gasteiger partial charge on any atom is 0.346 e. The molecule has 0 bridgehead atoms. The Balaban J connectivity index is 2.02. The highest BCUT2D eigenvalue weighted by molar-refractivity contribution is 7.18. The number of carbonyl (C=O) groups excluding carboxylic acids is 1. The van der Waals surface area contributed by atoms with Gasteiger partial charge in [0.25, 0.3) is 0 Å². The van der Waals surface area contributed by atoms with E-state index in [2.05, 4.69) is 10.4 Å². The molecule has 0 aliphatic heterocycles. The monoisotopic (exact) mass is 310 g/mol. The van der Waals surface area contributed by atoms with Gasteiger partial charge in [0.15, 0.2) is 0 Å². The number of hydrogen-bond acceptors (Lipinski definition) is 6. The summed E-state index contributed by atoms with van der Waals surface area (Å²) in [6, 6.07) is 1.55. The molecule has 2 N–H and O–H groups in total. The number of nitrogens with zero attached hydrogens (tertiary/aromatic N) is 3. The fraction of sp³-hybridized carbons (Fsp3) is 0.182. The van der Waals surface area contributed by atoms with Crippen LogP contribution in [-0.2, 0) is 11.3 Å². The van der Waals surface area contributed by atoms with Gasteiger partial charge in [0.1, 0.15) is 23.8 Å². The predicted molar refractivity (Wildman–Crippen MR) is 73.5 cm³/mol. The highest BCUT2D eigenvalue weighted by atomic mass is 32.1. The molecular weight excluding hydrogens is 300 g/mol. The molecule has 0 aliphatic carbocycles. The molecule has 2 aromatic rings. The number of aryl methyl sites for hydroxylation is 1. The maximum absolute atomic E-state index is 11.8. The van der Waals surface area contributed by atoms with E-state index in [9.17, 15) is 19.7 Å². The van der Waals surface area contributed by atoms with Crippen LogP contribution in [0.15, 0.2) is 18.5 Å². The number of nitro groups is 1. The van der Waals surface area contributed by atoms with Gasteiger partial charge in [-0.1, -0.05) is 0 Å². The molecule has 0 aromatic carbocycles. The summed E-state index contributed by atoms with van der Waals surface area (Å²) in [5.74, 6) is -1.51. The molecule has 21 heavy (non-hydrogen) atoms. The molecule has 2 rings (SSSR count). The minimum absolute atomic E-state index is 0.153. The third-order valence-corrected chi connectivity index (χ3v) is 3.65. The van der Waals surface area contributed by atoms with Crippen LogP contribution in [0.1, 0.15) is 15.2 Å². The number of aromatic carboxylic acids is 1. The fourth-order valence-electron chi connectivity index (χ4n) is 1.61. The first-order valence-electron chi connectivity index (χ1n) is 5.67. The molecule has 0 radical (unpaired) electrons. The van der Waals surface area contributed by atoms with Crippen molar-refractivity contribution in [3.8, 4) is 0 Å². The summed E-state index contributed by atoms with van der Waals surface area (Å²) in [6.07, 6.45) is 2.19. The molecule has 0 saturated carbocycles. The van der Waals surface area contributed by atoms with Gasteiger partial charge in [0, 0.05) is 0 Å². The van der Waals surface area contributed by atoms with E-state index in [0.717, 1.165) is 28.4 Å². The van der Waals surface area contributed by atoms with E-state index in [0.29, 0.717) is 10.6 Å². The van der Waals surface area contributed by atoms with Crippen molar-refractivity contribution in [1.29, 1.82) is 0 Å². The summed E-state index contributed by atoms with van der Waals surface area (Å²) < 4.78 is 1.13. The predicted octanol–water partition coefficient (Wildman–Crippen LogP) is 1.50. The average Bonchev–Trinajstić information content (AvgIpc) is 2.96. The smallest absolute Gasteiger partial charge is 0.346 e. The van der Waals surface area contributed by atoms with Crippen molar-refractivity contribution in [2.24, 2.45) is 0 Å². The van der Waals surface area contributed by atoms with Crippen molar-refractivity contribution in [1.82, 2.24) is 9.78 Å². The Hall–Kier alpha value is -2.75. The van der Waals surface area contributed by atoms with E-state index in [1.54, 1.807) is 13.0 Å². The lowest BCUT2D eigenvalue weighted by atomic mass is 10.3. The summed E-state index contributed by atoms with van der Waals surface area (Å²) in [7, 11) is 0. The molecule has 0 unspecified atom stereocenters. The fourth-order valence-corrected chi connectivity index (χ4v) is 2.54. The molecule has 0 fully saturated rings. The van der Waals surface area contributed by atoms with Gasteiger partial charge in [-0.25, -0.2) is 4.79 Å². The summed E-state index contributed by atoms with van der Waals surface area (Å²) in [4.78, 5) is 32.7. The topological polar surface area (TPSA) is 127 Å². The normalized spacial score (nSPS) is 10.3. The molecule has 110 valence electrons. The number of carbonyl (C=O) groups is 2. The van der Waals surface area contributed by atoms with Crippen molar-refractivity contribution >= 4 is 33.9 Å². The van der Waals surface area contributed by atoms with Crippen LogP contribution in [0, 0.1) is 17.0 Å². The zero-order chi connectivity index (χ0) is 15.6. The van der Waals surface area contributed by atoms with E-state index in [1.807, 2.05) is 0 Å². The number of hydrogen-bond donors (Lipinski definition) is 2. The Labute approximate surface area is 122 Å². The van der Waals surface area contributed by atoms with Gasteiger partial charge in [-0.2, -0.15) is 5.10 Å². The molecule has 0 atom stereocenters. The van der Waals surface area contributed by atoms with Crippen molar-refractivity contribution < 1.29 is 19.6 Å². The second kappa shape index (κ2) is 5.71. The zero-order valence-electron chi connectivity index (χ0n) is 10.8. The number of thiophene rings is 1. The quantitative estimate of drug-likeness (QED) is 0.636. The van der Waals surface area contributed by atoms with Gasteiger partial charge in [-0.15, -0.1) is 11.3 Å². The number of aromatic nitrogens is 2. The maximum atomic E-state index is 11.8. The number of anilines is 1. The number of rotatable bonds is 5. The van der Waals surface area contributed by atoms with Crippen molar-refractivity contribution in [2.75, 3.05) is 5.32 Å². The molecule has 2 aromatic heterocycles. The molecule has 10 heteroatoms. The van der Waals surface area contributed by atoms with Crippen molar-refractivity contribution in [2.45, 2.75) is 13.5 Å². The first kappa shape index (κ1) is 14.7. The van der Waals surface area contributed by atoms with Crippen LogP contribution in [-0.4, -0.2) is 31.7 Å². The zero-order valence-corrected chi connectivity index (χ0v) is 11.6. The van der Waals surface area contributed by atoms with Gasteiger partial charge < -0.3 is 10.4 Å². The van der Waals surface area contributed by atoms with Crippen LogP contribution in [0.3, 0.4) is 0 Å². The van der Waals surface area contributed by atoms with Crippen LogP contribution < -0.4 is 5.32 Å². The summed E-state index contributed by atoms with van der Waals surface area (Å²) in [6.45, 7) is 1.43. The Kier molecular flexibility index (Phi) is 3.98. The molecule has 0 aliphatic rings. The van der Waals surface area contributed by atoms with E-state index in [-0.39, 0.29) is 17.1 Å². The van der Waals surface area contributed by atoms with Gasteiger partial charge in [-0.3, -0.25) is 19.6 Å². The molecular formula is C11H10N4O5S. The molecule has 2 heterocycles. The molecule has 1 amide bonds. The summed E-state index contributed by atoms with van der Waals surface area (Å²) >= 11 is 0.947. The van der Waals surface area contributed by atoms with Crippen LogP contribution in [0.4, 0.5) is 10.7 Å². The highest BCUT2D eigenvalue weighted by Crippen LogP contribution is 2.26. The number of carboxylic acid groups (broad SMARTS) is 1. The van der Waals surface area contributed by atoms with Crippen molar-refractivity contribution in [3.05, 3.63) is 39.0 Å². The Morgan fingerprint density at radius 1 is 1.57 bits per heavy atom. The van der Waals surface area contributed by atoms with E-state index in [4.69, 9.17) is 5.11 Å². The molecule has 0 spiro atoms. The first-order valence-corrected chi connectivity index (χ1v) is 6.49. The second-order valence-corrected chi connectivity index (χ2v) is 5.18. The lowest BCUT2D eigenvalue weighted by Gasteiger charge is -2.01. The summed E-state index contributed by atoms with van der Waals surface area (Å²) in [5, 5.41) is 26.0. The van der Waals surface area contributed by atoms with Crippen LogP contribution in [0.2, 0.25) is 0 Å². The minimum Gasteiger partial charge on any atom is -0.477 e. The first-order chi connectivity index (χ1) is 9.86. The number of carboxylic acids is 1.